The van der Waals surface area contributed by atoms with Gasteiger partial charge in [-0.3, -0.25) is 4.79 Å². The van der Waals surface area contributed by atoms with Gasteiger partial charge in [0, 0.05) is 31.4 Å². The van der Waals surface area contributed by atoms with Crippen LogP contribution in [0, 0.1) is 0 Å². The highest BCUT2D eigenvalue weighted by Gasteiger charge is 2.14. The molecule has 0 aliphatic heterocycles. The first kappa shape index (κ1) is 19.3. The maximum absolute atomic E-state index is 12.0. The van der Waals surface area contributed by atoms with Crippen molar-refractivity contribution >= 4 is 33.3 Å². The molecule has 0 fully saturated rings. The van der Waals surface area contributed by atoms with E-state index in [0.29, 0.717) is 13.0 Å². The molecule has 0 saturated carbocycles. The van der Waals surface area contributed by atoms with Crippen molar-refractivity contribution in [2.75, 3.05) is 25.0 Å². The number of carbonyl (C=O) groups is 1. The smallest absolute Gasteiger partial charge is 0.221 e. The van der Waals surface area contributed by atoms with Crippen molar-refractivity contribution in [1.82, 2.24) is 15.3 Å². The predicted molar refractivity (Wildman–Crippen MR) is 113 cm³/mol. The van der Waals surface area contributed by atoms with Crippen molar-refractivity contribution in [2.45, 2.75) is 32.6 Å². The Kier molecular flexibility index (Phi) is 6.76. The number of amides is 1. The molecule has 27 heavy (non-hydrogen) atoms. The first-order chi connectivity index (χ1) is 13.2. The number of fused-ring (bicyclic) bond motifs is 1. The van der Waals surface area contributed by atoms with Crippen LogP contribution in [0.1, 0.15) is 32.6 Å². The summed E-state index contributed by atoms with van der Waals surface area (Å²) in [5, 5.41) is 4.03. The molecule has 0 aliphatic rings. The summed E-state index contributed by atoms with van der Waals surface area (Å²) in [5.74, 6) is 0.968. The van der Waals surface area contributed by atoms with Gasteiger partial charge in [0.05, 0.1) is 5.39 Å². The first-order valence-corrected chi connectivity index (χ1v) is 10.3. The summed E-state index contributed by atoms with van der Waals surface area (Å²) >= 11 is 1.66. The van der Waals surface area contributed by atoms with Crippen LogP contribution in [0.5, 0.6) is 0 Å². The Balaban J connectivity index is 1.67. The van der Waals surface area contributed by atoms with E-state index in [1.807, 2.05) is 30.1 Å². The Hall–Kier alpha value is -2.47. The maximum atomic E-state index is 12.0. The van der Waals surface area contributed by atoms with Gasteiger partial charge in [-0.1, -0.05) is 50.1 Å². The molecule has 2 heterocycles. The highest BCUT2D eigenvalue weighted by molar-refractivity contribution is 7.21. The number of thiophene rings is 1. The van der Waals surface area contributed by atoms with Crippen molar-refractivity contribution in [3.05, 3.63) is 42.7 Å². The van der Waals surface area contributed by atoms with E-state index in [9.17, 15) is 4.79 Å². The van der Waals surface area contributed by atoms with Crippen molar-refractivity contribution < 1.29 is 4.79 Å². The Morgan fingerprint density at radius 3 is 2.78 bits per heavy atom. The van der Waals surface area contributed by atoms with Crippen LogP contribution in [0.25, 0.3) is 20.7 Å². The lowest BCUT2D eigenvalue weighted by Crippen LogP contribution is -2.29. The van der Waals surface area contributed by atoms with Crippen molar-refractivity contribution in [1.29, 1.82) is 0 Å². The monoisotopic (exact) mass is 382 g/mol. The maximum Gasteiger partial charge on any atom is 0.221 e. The molecule has 0 atom stereocenters. The topological polar surface area (TPSA) is 58.1 Å². The molecule has 142 valence electrons. The van der Waals surface area contributed by atoms with Crippen molar-refractivity contribution in [3.63, 3.8) is 0 Å². The van der Waals surface area contributed by atoms with E-state index in [2.05, 4.69) is 40.4 Å². The lowest BCUT2D eigenvalue weighted by atomic mass is 10.2. The van der Waals surface area contributed by atoms with E-state index in [1.54, 1.807) is 17.7 Å². The number of hydrogen-bond acceptors (Lipinski definition) is 5. The summed E-state index contributed by atoms with van der Waals surface area (Å²) in [5.41, 5.74) is 1.18. The standard InChI is InChI=1S/C21H26N4OS/c1-3-4-8-12-22-19(26)11-13-25(2)20-17-14-18(16-9-6-5-7-10-16)27-21(17)24-15-23-20/h5-7,9-10,14-15H,3-4,8,11-13H2,1-2H3,(H,22,26). The summed E-state index contributed by atoms with van der Waals surface area (Å²) < 4.78 is 0. The zero-order valence-electron chi connectivity index (χ0n) is 15.9. The third-order valence-electron chi connectivity index (χ3n) is 4.51. The minimum Gasteiger partial charge on any atom is -0.359 e. The van der Waals surface area contributed by atoms with Crippen LogP contribution < -0.4 is 10.2 Å². The number of hydrogen-bond donors (Lipinski definition) is 1. The molecular formula is C21H26N4OS. The molecule has 2 aromatic heterocycles. The predicted octanol–water partition coefficient (Wildman–Crippen LogP) is 4.49. The molecule has 3 rings (SSSR count). The van der Waals surface area contributed by atoms with Gasteiger partial charge in [-0.05, 0) is 18.1 Å². The van der Waals surface area contributed by atoms with E-state index >= 15 is 0 Å². The fourth-order valence-electron chi connectivity index (χ4n) is 2.96. The van der Waals surface area contributed by atoms with Crippen LogP contribution in [0.4, 0.5) is 5.82 Å². The van der Waals surface area contributed by atoms with Gasteiger partial charge in [-0.25, -0.2) is 9.97 Å². The van der Waals surface area contributed by atoms with Crippen molar-refractivity contribution in [2.24, 2.45) is 0 Å². The number of rotatable bonds is 9. The lowest BCUT2D eigenvalue weighted by molar-refractivity contribution is -0.120. The third kappa shape index (κ3) is 5.04. The molecule has 1 N–H and O–H groups in total. The minimum atomic E-state index is 0.0959. The second kappa shape index (κ2) is 9.46. The van der Waals surface area contributed by atoms with Gasteiger partial charge in [0.2, 0.25) is 5.91 Å². The quantitative estimate of drug-likeness (QED) is 0.554. The van der Waals surface area contributed by atoms with Gasteiger partial charge in [-0.2, -0.15) is 0 Å². The SMILES string of the molecule is CCCCCNC(=O)CCN(C)c1ncnc2sc(-c3ccccc3)cc12. The summed E-state index contributed by atoms with van der Waals surface area (Å²) in [7, 11) is 1.98. The lowest BCUT2D eigenvalue weighted by Gasteiger charge is -2.18. The first-order valence-electron chi connectivity index (χ1n) is 9.47. The highest BCUT2D eigenvalue weighted by Crippen LogP contribution is 2.35. The van der Waals surface area contributed by atoms with Gasteiger partial charge >= 0.3 is 0 Å². The number of aromatic nitrogens is 2. The highest BCUT2D eigenvalue weighted by atomic mass is 32.1. The molecule has 1 amide bonds. The molecule has 0 bridgehead atoms. The molecule has 0 unspecified atom stereocenters. The van der Waals surface area contributed by atoms with E-state index in [-0.39, 0.29) is 5.91 Å². The summed E-state index contributed by atoms with van der Waals surface area (Å²) in [4.78, 5) is 25.1. The average molecular weight is 383 g/mol. The molecule has 0 radical (unpaired) electrons. The number of benzene rings is 1. The summed E-state index contributed by atoms with van der Waals surface area (Å²) in [6.07, 6.45) is 5.42. The van der Waals surface area contributed by atoms with Gasteiger partial charge in [-0.15, -0.1) is 11.3 Å². The Morgan fingerprint density at radius 2 is 2.00 bits per heavy atom. The van der Waals surface area contributed by atoms with Gasteiger partial charge in [0.25, 0.3) is 0 Å². The van der Waals surface area contributed by atoms with E-state index in [0.717, 1.165) is 41.8 Å². The third-order valence-corrected chi connectivity index (χ3v) is 5.60. The number of nitrogens with zero attached hydrogens (tertiary/aromatic N) is 3. The molecule has 1 aromatic carbocycles. The van der Waals surface area contributed by atoms with Crippen LogP contribution in [-0.4, -0.2) is 36.0 Å². The Bertz CT molecular complexity index is 878. The second-order valence-electron chi connectivity index (χ2n) is 6.62. The average Bonchev–Trinajstić information content (AvgIpc) is 3.14. The van der Waals surface area contributed by atoms with E-state index in [1.165, 1.54) is 10.4 Å². The second-order valence-corrected chi connectivity index (χ2v) is 7.65. The minimum absolute atomic E-state index is 0.0959. The molecule has 0 aliphatic carbocycles. The molecule has 0 spiro atoms. The molecule has 5 nitrogen and oxygen atoms in total. The van der Waals surface area contributed by atoms with Gasteiger partial charge < -0.3 is 10.2 Å². The fraction of sp³-hybridized carbons (Fsp3) is 0.381. The summed E-state index contributed by atoms with van der Waals surface area (Å²) in [6, 6.07) is 12.4. The Morgan fingerprint density at radius 1 is 1.19 bits per heavy atom. The number of nitrogens with one attached hydrogen (secondary N) is 1. The number of carbonyl (C=O) groups excluding carboxylic acids is 1. The fourth-order valence-corrected chi connectivity index (χ4v) is 3.96. The van der Waals surface area contributed by atoms with Crippen LogP contribution in [0.2, 0.25) is 0 Å². The van der Waals surface area contributed by atoms with E-state index in [4.69, 9.17) is 0 Å². The molecule has 3 aromatic rings. The van der Waals surface area contributed by atoms with Crippen molar-refractivity contribution in [3.8, 4) is 10.4 Å². The van der Waals surface area contributed by atoms with Crippen LogP contribution in [0.15, 0.2) is 42.7 Å². The normalized spacial score (nSPS) is 10.9. The molecule has 6 heteroatoms. The molecule has 0 saturated heterocycles. The number of anilines is 1. The zero-order chi connectivity index (χ0) is 19.1. The Labute approximate surface area is 164 Å². The molecular weight excluding hydrogens is 356 g/mol. The zero-order valence-corrected chi connectivity index (χ0v) is 16.8. The summed E-state index contributed by atoms with van der Waals surface area (Å²) in [6.45, 7) is 3.55. The van der Waals surface area contributed by atoms with Gasteiger partial charge in [0.1, 0.15) is 17.0 Å². The van der Waals surface area contributed by atoms with Crippen LogP contribution >= 0.6 is 11.3 Å². The van der Waals surface area contributed by atoms with Crippen LogP contribution in [0.3, 0.4) is 0 Å². The largest absolute Gasteiger partial charge is 0.359 e. The van der Waals surface area contributed by atoms with Gasteiger partial charge in [0.15, 0.2) is 0 Å². The van der Waals surface area contributed by atoms with Crippen LogP contribution in [-0.2, 0) is 4.79 Å². The van der Waals surface area contributed by atoms with E-state index < -0.39 is 0 Å². The number of unbranched alkanes of at least 4 members (excludes halogenated alkanes) is 2.